The number of carbonyl (C=O) groups is 3. The van der Waals surface area contributed by atoms with Crippen LogP contribution in [0.2, 0.25) is 0 Å². The van der Waals surface area contributed by atoms with E-state index in [1.165, 1.54) is 31.2 Å². The lowest BCUT2D eigenvalue weighted by atomic mass is 9.84. The highest BCUT2D eigenvalue weighted by molar-refractivity contribution is 6.09. The minimum atomic E-state index is -1.21. The fraction of sp³-hybridized carbons (Fsp3) is 0.438. The van der Waals surface area contributed by atoms with Crippen LogP contribution in [0, 0.1) is 5.82 Å². The van der Waals surface area contributed by atoms with E-state index in [0.29, 0.717) is 12.0 Å². The lowest BCUT2D eigenvalue weighted by Crippen LogP contribution is -2.44. The molecule has 0 unspecified atom stereocenters. The van der Waals surface area contributed by atoms with E-state index >= 15 is 0 Å². The number of imide groups is 1. The van der Waals surface area contributed by atoms with Gasteiger partial charge < -0.3 is 5.32 Å². The second-order valence-electron chi connectivity index (χ2n) is 5.54. The SMILES string of the molecule is CCCC[C@]1(c2ccc(F)cc2)NC(=O)N(CC(C)=O)C1=O. The van der Waals surface area contributed by atoms with Gasteiger partial charge in [0.25, 0.3) is 5.91 Å². The minimum Gasteiger partial charge on any atom is -0.319 e. The fourth-order valence-electron chi connectivity index (χ4n) is 2.68. The number of rotatable bonds is 6. The molecule has 118 valence electrons. The van der Waals surface area contributed by atoms with Crippen molar-refractivity contribution in [1.82, 2.24) is 10.2 Å². The van der Waals surface area contributed by atoms with E-state index in [4.69, 9.17) is 0 Å². The Kier molecular flexibility index (Phi) is 4.59. The van der Waals surface area contributed by atoms with Gasteiger partial charge >= 0.3 is 6.03 Å². The summed E-state index contributed by atoms with van der Waals surface area (Å²) in [6, 6.07) is 4.94. The molecule has 1 N–H and O–H groups in total. The lowest BCUT2D eigenvalue weighted by molar-refractivity contribution is -0.134. The summed E-state index contributed by atoms with van der Waals surface area (Å²) >= 11 is 0. The molecule has 5 nitrogen and oxygen atoms in total. The number of halogens is 1. The number of hydrogen-bond donors (Lipinski definition) is 1. The molecule has 1 aromatic carbocycles. The molecule has 0 bridgehead atoms. The molecule has 2 rings (SSSR count). The van der Waals surface area contributed by atoms with Crippen LogP contribution >= 0.6 is 0 Å². The zero-order valence-corrected chi connectivity index (χ0v) is 12.7. The van der Waals surface area contributed by atoms with Gasteiger partial charge in [-0.2, -0.15) is 0 Å². The number of hydrogen-bond acceptors (Lipinski definition) is 3. The maximum atomic E-state index is 13.1. The number of unbranched alkanes of at least 4 members (excludes halogenated alkanes) is 1. The number of carbonyl (C=O) groups excluding carboxylic acids is 3. The number of ketones is 1. The third-order valence-electron chi connectivity index (χ3n) is 3.80. The average Bonchev–Trinajstić information content (AvgIpc) is 2.71. The Hall–Kier alpha value is -2.24. The third kappa shape index (κ3) is 2.86. The van der Waals surface area contributed by atoms with Crippen LogP contribution in [-0.2, 0) is 15.1 Å². The molecule has 0 spiro atoms. The topological polar surface area (TPSA) is 66.5 Å². The van der Waals surface area contributed by atoms with Crippen LogP contribution in [0.5, 0.6) is 0 Å². The first kappa shape index (κ1) is 16.1. The van der Waals surface area contributed by atoms with Gasteiger partial charge in [-0.25, -0.2) is 9.18 Å². The maximum Gasteiger partial charge on any atom is 0.325 e. The van der Waals surface area contributed by atoms with E-state index in [1.54, 1.807) is 0 Å². The van der Waals surface area contributed by atoms with Crippen molar-refractivity contribution in [2.45, 2.75) is 38.6 Å². The molecule has 1 atom stereocenters. The van der Waals surface area contributed by atoms with Crippen molar-refractivity contribution in [3.63, 3.8) is 0 Å². The molecule has 1 aliphatic heterocycles. The predicted molar refractivity (Wildman–Crippen MR) is 78.5 cm³/mol. The molecule has 0 radical (unpaired) electrons. The highest BCUT2D eigenvalue weighted by Crippen LogP contribution is 2.34. The van der Waals surface area contributed by atoms with Crippen LogP contribution in [0.3, 0.4) is 0 Å². The van der Waals surface area contributed by atoms with Crippen molar-refractivity contribution in [2.75, 3.05) is 6.54 Å². The predicted octanol–water partition coefficient (Wildman–Crippen LogP) is 2.35. The van der Waals surface area contributed by atoms with Crippen LogP contribution in [0.15, 0.2) is 24.3 Å². The van der Waals surface area contributed by atoms with Crippen molar-refractivity contribution in [1.29, 1.82) is 0 Å². The third-order valence-corrected chi connectivity index (χ3v) is 3.80. The molecule has 1 aliphatic rings. The summed E-state index contributed by atoms with van der Waals surface area (Å²) in [4.78, 5) is 37.1. The number of nitrogens with zero attached hydrogens (tertiary/aromatic N) is 1. The normalized spacial score (nSPS) is 21.1. The zero-order valence-electron chi connectivity index (χ0n) is 12.7. The summed E-state index contributed by atoms with van der Waals surface area (Å²) in [5, 5.41) is 2.71. The molecule has 1 aromatic rings. The Morgan fingerprint density at radius 2 is 1.91 bits per heavy atom. The smallest absolute Gasteiger partial charge is 0.319 e. The van der Waals surface area contributed by atoms with Gasteiger partial charge in [0.05, 0.1) is 6.54 Å². The minimum absolute atomic E-state index is 0.250. The number of nitrogens with one attached hydrogen (secondary N) is 1. The Morgan fingerprint density at radius 3 is 2.45 bits per heavy atom. The summed E-state index contributed by atoms with van der Waals surface area (Å²) in [5.41, 5.74) is -0.678. The molecule has 0 saturated carbocycles. The van der Waals surface area contributed by atoms with Crippen LogP contribution in [0.25, 0.3) is 0 Å². The summed E-state index contributed by atoms with van der Waals surface area (Å²) in [5.74, 6) is -1.13. The number of amides is 3. The first-order chi connectivity index (χ1) is 10.4. The molecule has 3 amide bonds. The Labute approximate surface area is 128 Å². The Balaban J connectivity index is 2.42. The Morgan fingerprint density at radius 1 is 1.27 bits per heavy atom. The largest absolute Gasteiger partial charge is 0.325 e. The summed E-state index contributed by atoms with van der Waals surface area (Å²) in [6.45, 7) is 3.05. The zero-order chi connectivity index (χ0) is 16.3. The summed E-state index contributed by atoms with van der Waals surface area (Å²) in [6.07, 6.45) is 1.98. The van der Waals surface area contributed by atoms with Gasteiger partial charge in [0.2, 0.25) is 0 Å². The van der Waals surface area contributed by atoms with E-state index in [2.05, 4.69) is 5.32 Å². The first-order valence-corrected chi connectivity index (χ1v) is 7.30. The second kappa shape index (κ2) is 6.25. The van der Waals surface area contributed by atoms with Crippen molar-refractivity contribution < 1.29 is 18.8 Å². The van der Waals surface area contributed by atoms with Gasteiger partial charge in [0.15, 0.2) is 0 Å². The summed E-state index contributed by atoms with van der Waals surface area (Å²) < 4.78 is 13.1. The fourth-order valence-corrected chi connectivity index (χ4v) is 2.68. The van der Waals surface area contributed by atoms with Crippen LogP contribution in [0.4, 0.5) is 9.18 Å². The molecule has 0 aliphatic carbocycles. The van der Waals surface area contributed by atoms with Gasteiger partial charge in [0, 0.05) is 0 Å². The lowest BCUT2D eigenvalue weighted by Gasteiger charge is -2.27. The molecule has 1 fully saturated rings. The number of urea groups is 1. The van der Waals surface area contributed by atoms with Crippen molar-refractivity contribution in [3.8, 4) is 0 Å². The van der Waals surface area contributed by atoms with Gasteiger partial charge in [0.1, 0.15) is 17.1 Å². The molecule has 22 heavy (non-hydrogen) atoms. The Bertz CT molecular complexity index is 600. The molecule has 1 saturated heterocycles. The van der Waals surface area contributed by atoms with Crippen LogP contribution < -0.4 is 5.32 Å². The van der Waals surface area contributed by atoms with E-state index in [1.807, 2.05) is 6.92 Å². The maximum absolute atomic E-state index is 13.1. The molecule has 0 aromatic heterocycles. The van der Waals surface area contributed by atoms with Gasteiger partial charge in [-0.1, -0.05) is 31.9 Å². The molecule has 6 heteroatoms. The number of benzene rings is 1. The molecule has 1 heterocycles. The van der Waals surface area contributed by atoms with E-state index in [-0.39, 0.29) is 12.3 Å². The quantitative estimate of drug-likeness (QED) is 0.820. The van der Waals surface area contributed by atoms with Gasteiger partial charge in [-0.15, -0.1) is 0 Å². The van der Waals surface area contributed by atoms with E-state index < -0.39 is 23.3 Å². The van der Waals surface area contributed by atoms with Crippen LogP contribution in [0.1, 0.15) is 38.7 Å². The second-order valence-corrected chi connectivity index (χ2v) is 5.54. The molecular formula is C16H19FN2O3. The van der Waals surface area contributed by atoms with Crippen molar-refractivity contribution >= 4 is 17.7 Å². The molecular weight excluding hydrogens is 287 g/mol. The van der Waals surface area contributed by atoms with Gasteiger partial charge in [-0.3, -0.25) is 14.5 Å². The number of Topliss-reactive ketones (excluding diaryl/α,β-unsaturated/α-hetero) is 1. The van der Waals surface area contributed by atoms with Crippen LogP contribution in [-0.4, -0.2) is 29.2 Å². The standard InChI is InChI=1S/C16H19FN2O3/c1-3-4-9-16(12-5-7-13(17)8-6-12)14(21)19(10-11(2)20)15(22)18-16/h5-8H,3-4,9-10H2,1-2H3,(H,18,22)/t16-/m1/s1. The van der Waals surface area contributed by atoms with E-state index in [0.717, 1.165) is 17.7 Å². The van der Waals surface area contributed by atoms with Crippen molar-refractivity contribution in [3.05, 3.63) is 35.6 Å². The monoisotopic (exact) mass is 306 g/mol. The summed E-state index contributed by atoms with van der Waals surface area (Å²) in [7, 11) is 0. The highest BCUT2D eigenvalue weighted by Gasteiger charge is 2.51. The van der Waals surface area contributed by atoms with Crippen molar-refractivity contribution in [2.24, 2.45) is 0 Å². The first-order valence-electron chi connectivity index (χ1n) is 7.30. The average molecular weight is 306 g/mol. The van der Waals surface area contributed by atoms with E-state index in [9.17, 15) is 18.8 Å². The van der Waals surface area contributed by atoms with Gasteiger partial charge in [-0.05, 0) is 31.0 Å². The highest BCUT2D eigenvalue weighted by atomic mass is 19.1.